The van der Waals surface area contributed by atoms with Gasteiger partial charge in [-0.05, 0) is 55.9 Å². The first-order valence-electron chi connectivity index (χ1n) is 8.41. The molecule has 0 N–H and O–H groups in total. The lowest BCUT2D eigenvalue weighted by Crippen LogP contribution is -2.22. The van der Waals surface area contributed by atoms with E-state index in [-0.39, 0.29) is 0 Å². The Balaban J connectivity index is 1.83. The largest absolute Gasteiger partial charge is 0.0590 e. The fraction of sp³-hybridized carbons (Fsp3) is 0.684. The Labute approximate surface area is 118 Å². The minimum absolute atomic E-state index is 0.864. The Hall–Kier alpha value is -0.780. The summed E-state index contributed by atoms with van der Waals surface area (Å²) in [6, 6.07) is 9.49. The predicted molar refractivity (Wildman–Crippen MR) is 82.5 cm³/mol. The second-order valence-electron chi connectivity index (χ2n) is 6.88. The molecule has 1 atom stereocenters. The van der Waals surface area contributed by atoms with Gasteiger partial charge in [-0.15, -0.1) is 0 Å². The molecule has 2 aliphatic rings. The van der Waals surface area contributed by atoms with Crippen molar-refractivity contribution >= 4 is 0 Å². The molecule has 0 heteroatoms. The summed E-state index contributed by atoms with van der Waals surface area (Å²) < 4.78 is 0. The number of hydrogen-bond acceptors (Lipinski definition) is 0. The highest BCUT2D eigenvalue weighted by Gasteiger charge is 2.33. The minimum atomic E-state index is 0.864. The van der Waals surface area contributed by atoms with Crippen molar-refractivity contribution in [3.63, 3.8) is 0 Å². The van der Waals surface area contributed by atoms with E-state index in [1.807, 2.05) is 0 Å². The van der Waals surface area contributed by atoms with Gasteiger partial charge >= 0.3 is 0 Å². The fourth-order valence-electron chi connectivity index (χ4n) is 4.53. The summed E-state index contributed by atoms with van der Waals surface area (Å²) >= 11 is 0. The zero-order valence-electron chi connectivity index (χ0n) is 12.4. The molecular weight excluding hydrogens is 228 g/mol. The van der Waals surface area contributed by atoms with E-state index in [0.29, 0.717) is 0 Å². The van der Waals surface area contributed by atoms with Crippen LogP contribution in [-0.4, -0.2) is 0 Å². The van der Waals surface area contributed by atoms with Gasteiger partial charge in [0.15, 0.2) is 0 Å². The zero-order valence-corrected chi connectivity index (χ0v) is 12.4. The summed E-state index contributed by atoms with van der Waals surface area (Å²) in [5.41, 5.74) is 3.04. The molecule has 0 spiro atoms. The summed E-state index contributed by atoms with van der Waals surface area (Å²) in [6.45, 7) is 2.20. The van der Waals surface area contributed by atoms with Crippen molar-refractivity contribution < 1.29 is 0 Å². The number of aryl methyl sites for hydroxylation is 1. The first kappa shape index (κ1) is 13.2. The van der Waals surface area contributed by atoms with Crippen LogP contribution in [0.15, 0.2) is 24.3 Å². The average molecular weight is 256 g/mol. The Morgan fingerprint density at radius 3 is 1.74 bits per heavy atom. The molecule has 0 bridgehead atoms. The molecule has 0 heterocycles. The summed E-state index contributed by atoms with van der Waals surface area (Å²) in [5, 5.41) is 0. The second kappa shape index (κ2) is 6.11. The standard InChI is InChI=1S/C19H28/c1-15-11-13-18(14-12-15)19(17-9-5-6-10-17)16-7-3-2-4-8-16/h11-14,16-17,19H,2-10H2,1H3. The number of hydrogen-bond donors (Lipinski definition) is 0. The molecule has 2 saturated carbocycles. The maximum absolute atomic E-state index is 2.42. The molecule has 0 saturated heterocycles. The van der Waals surface area contributed by atoms with Crippen molar-refractivity contribution in [2.75, 3.05) is 0 Å². The van der Waals surface area contributed by atoms with Crippen LogP contribution in [-0.2, 0) is 0 Å². The van der Waals surface area contributed by atoms with Crippen molar-refractivity contribution in [2.45, 2.75) is 70.6 Å². The van der Waals surface area contributed by atoms with Crippen LogP contribution in [0.3, 0.4) is 0 Å². The number of benzene rings is 1. The monoisotopic (exact) mass is 256 g/mol. The van der Waals surface area contributed by atoms with Gasteiger partial charge in [0, 0.05) is 0 Å². The van der Waals surface area contributed by atoms with E-state index in [1.165, 1.54) is 63.4 Å². The highest BCUT2D eigenvalue weighted by atomic mass is 14.4. The maximum atomic E-state index is 2.42. The summed E-state index contributed by atoms with van der Waals surface area (Å²) in [4.78, 5) is 0. The van der Waals surface area contributed by atoms with Crippen molar-refractivity contribution in [3.05, 3.63) is 35.4 Å². The van der Waals surface area contributed by atoms with Crippen LogP contribution in [0.2, 0.25) is 0 Å². The third-order valence-corrected chi connectivity index (χ3v) is 5.53. The van der Waals surface area contributed by atoms with Crippen molar-refractivity contribution in [1.82, 2.24) is 0 Å². The van der Waals surface area contributed by atoms with E-state index in [4.69, 9.17) is 0 Å². The van der Waals surface area contributed by atoms with E-state index >= 15 is 0 Å². The second-order valence-corrected chi connectivity index (χ2v) is 6.88. The first-order chi connectivity index (χ1) is 9.34. The first-order valence-corrected chi connectivity index (χ1v) is 8.41. The molecule has 1 aromatic rings. The van der Waals surface area contributed by atoms with Crippen LogP contribution in [0.4, 0.5) is 0 Å². The molecule has 1 aromatic carbocycles. The van der Waals surface area contributed by atoms with Crippen LogP contribution in [0.1, 0.15) is 74.8 Å². The minimum Gasteiger partial charge on any atom is -0.0590 e. The van der Waals surface area contributed by atoms with Crippen LogP contribution in [0.25, 0.3) is 0 Å². The normalized spacial score (nSPS) is 23.6. The van der Waals surface area contributed by atoms with Gasteiger partial charge in [-0.2, -0.15) is 0 Å². The van der Waals surface area contributed by atoms with E-state index in [2.05, 4.69) is 31.2 Å². The summed E-state index contributed by atoms with van der Waals surface area (Å²) in [7, 11) is 0. The van der Waals surface area contributed by atoms with Gasteiger partial charge in [-0.25, -0.2) is 0 Å². The third-order valence-electron chi connectivity index (χ3n) is 5.53. The van der Waals surface area contributed by atoms with Crippen molar-refractivity contribution in [3.8, 4) is 0 Å². The predicted octanol–water partition coefficient (Wildman–Crippen LogP) is 5.85. The van der Waals surface area contributed by atoms with Gasteiger partial charge in [-0.3, -0.25) is 0 Å². The van der Waals surface area contributed by atoms with E-state index in [0.717, 1.165) is 17.8 Å². The molecule has 0 aliphatic heterocycles. The lowest BCUT2D eigenvalue weighted by Gasteiger charge is -2.35. The van der Waals surface area contributed by atoms with Gasteiger partial charge in [-0.1, -0.05) is 61.9 Å². The van der Waals surface area contributed by atoms with Gasteiger partial charge in [0.25, 0.3) is 0 Å². The fourth-order valence-corrected chi connectivity index (χ4v) is 4.53. The number of rotatable bonds is 3. The lowest BCUT2D eigenvalue weighted by molar-refractivity contribution is 0.243. The summed E-state index contributed by atoms with van der Waals surface area (Å²) in [5.74, 6) is 2.81. The van der Waals surface area contributed by atoms with Crippen LogP contribution in [0, 0.1) is 18.8 Å². The molecule has 104 valence electrons. The highest BCUT2D eigenvalue weighted by molar-refractivity contribution is 5.26. The molecule has 2 aliphatic carbocycles. The molecule has 0 amide bonds. The van der Waals surface area contributed by atoms with Gasteiger partial charge in [0.1, 0.15) is 0 Å². The van der Waals surface area contributed by atoms with Crippen LogP contribution >= 0.6 is 0 Å². The average Bonchev–Trinajstić information content (AvgIpc) is 2.96. The molecule has 2 fully saturated rings. The molecule has 0 nitrogen and oxygen atoms in total. The topological polar surface area (TPSA) is 0 Å². The van der Waals surface area contributed by atoms with E-state index in [9.17, 15) is 0 Å². The molecule has 1 unspecified atom stereocenters. The van der Waals surface area contributed by atoms with Gasteiger partial charge in [0.05, 0.1) is 0 Å². The summed E-state index contributed by atoms with van der Waals surface area (Å²) in [6.07, 6.45) is 13.3. The van der Waals surface area contributed by atoms with Crippen molar-refractivity contribution in [2.24, 2.45) is 11.8 Å². The van der Waals surface area contributed by atoms with Crippen LogP contribution < -0.4 is 0 Å². The smallest absolute Gasteiger partial charge is 0.0105 e. The maximum Gasteiger partial charge on any atom is -0.0105 e. The molecule has 3 rings (SSSR count). The Morgan fingerprint density at radius 2 is 1.21 bits per heavy atom. The molecule has 19 heavy (non-hydrogen) atoms. The van der Waals surface area contributed by atoms with Crippen LogP contribution in [0.5, 0.6) is 0 Å². The zero-order chi connectivity index (χ0) is 13.1. The Kier molecular flexibility index (Phi) is 4.25. The third kappa shape index (κ3) is 3.04. The highest BCUT2D eigenvalue weighted by Crippen LogP contribution is 2.46. The van der Waals surface area contributed by atoms with Gasteiger partial charge in [0.2, 0.25) is 0 Å². The Bertz CT molecular complexity index is 377. The lowest BCUT2D eigenvalue weighted by atomic mass is 9.70. The van der Waals surface area contributed by atoms with Gasteiger partial charge < -0.3 is 0 Å². The molecule has 0 aromatic heterocycles. The molecule has 0 radical (unpaired) electrons. The van der Waals surface area contributed by atoms with E-state index in [1.54, 1.807) is 5.56 Å². The quantitative estimate of drug-likeness (QED) is 0.636. The molecular formula is C19H28. The van der Waals surface area contributed by atoms with E-state index < -0.39 is 0 Å². The Morgan fingerprint density at radius 1 is 0.737 bits per heavy atom. The SMILES string of the molecule is Cc1ccc(C(C2CCCCC2)C2CCCC2)cc1. The van der Waals surface area contributed by atoms with Crippen molar-refractivity contribution in [1.29, 1.82) is 0 Å².